The Morgan fingerprint density at radius 2 is 1.64 bits per heavy atom. The summed E-state index contributed by atoms with van der Waals surface area (Å²) in [5, 5.41) is 9.37. The second-order valence-electron chi connectivity index (χ2n) is 8.46. The Kier molecular flexibility index (Phi) is 6.44. The highest BCUT2D eigenvalue weighted by molar-refractivity contribution is 5.81. The van der Waals surface area contributed by atoms with Crippen LogP contribution in [0.4, 0.5) is 4.79 Å². The summed E-state index contributed by atoms with van der Waals surface area (Å²) in [6.45, 7) is 10.6. The molecule has 0 spiro atoms. The van der Waals surface area contributed by atoms with Crippen molar-refractivity contribution in [2.45, 2.75) is 77.7 Å². The summed E-state index contributed by atoms with van der Waals surface area (Å²) in [7, 11) is 0. The molecule has 1 fully saturated rings. The van der Waals surface area contributed by atoms with E-state index in [0.29, 0.717) is 0 Å². The van der Waals surface area contributed by atoms with Crippen molar-refractivity contribution in [3.63, 3.8) is 0 Å². The van der Waals surface area contributed by atoms with Crippen molar-refractivity contribution in [3.05, 3.63) is 0 Å². The minimum atomic E-state index is -1.10. The third kappa shape index (κ3) is 6.89. The molecule has 8 heteroatoms. The van der Waals surface area contributed by atoms with Crippen LogP contribution in [0.1, 0.15) is 54.4 Å². The Labute approximate surface area is 148 Å². The summed E-state index contributed by atoms with van der Waals surface area (Å²) in [4.78, 5) is 36.9. The van der Waals surface area contributed by atoms with Crippen LogP contribution in [0.2, 0.25) is 0 Å². The van der Waals surface area contributed by atoms with Crippen molar-refractivity contribution in [1.29, 1.82) is 0 Å². The van der Waals surface area contributed by atoms with Crippen molar-refractivity contribution in [1.82, 2.24) is 4.90 Å². The number of amides is 1. The number of aliphatic carboxylic acids is 1. The predicted octanol–water partition coefficient (Wildman–Crippen LogP) is 1.76. The van der Waals surface area contributed by atoms with E-state index >= 15 is 0 Å². The number of likely N-dealkylation sites (tertiary alicyclic amines) is 1. The third-order valence-corrected chi connectivity index (χ3v) is 3.60. The van der Waals surface area contributed by atoms with Gasteiger partial charge in [-0.3, -0.25) is 9.69 Å². The van der Waals surface area contributed by atoms with Gasteiger partial charge in [-0.05, 0) is 60.3 Å². The molecule has 0 aliphatic carbocycles. The maximum Gasteiger partial charge on any atom is 0.411 e. The third-order valence-electron chi connectivity index (χ3n) is 3.60. The van der Waals surface area contributed by atoms with E-state index in [2.05, 4.69) is 0 Å². The summed E-state index contributed by atoms with van der Waals surface area (Å²) < 4.78 is 10.5. The highest BCUT2D eigenvalue weighted by atomic mass is 16.6. The lowest BCUT2D eigenvalue weighted by Crippen LogP contribution is -2.43. The standard InChI is InChI=1S/C17H30N2O6/c1-16(2,3)24-14(22)11(18)7-10-8-12(13(20)21)19(9-10)15(23)25-17(4,5)6/h10-12H,7-9,18H2,1-6H3,(H,20,21)/t10?,11?,12-/m0/s1. The van der Waals surface area contributed by atoms with Crippen LogP contribution in [0.3, 0.4) is 0 Å². The zero-order chi connectivity index (χ0) is 19.6. The van der Waals surface area contributed by atoms with E-state index in [4.69, 9.17) is 15.2 Å². The van der Waals surface area contributed by atoms with Gasteiger partial charge in [-0.2, -0.15) is 0 Å². The van der Waals surface area contributed by atoms with Gasteiger partial charge in [0.15, 0.2) is 0 Å². The van der Waals surface area contributed by atoms with Gasteiger partial charge in [0.25, 0.3) is 0 Å². The van der Waals surface area contributed by atoms with Crippen molar-refractivity contribution in [2.24, 2.45) is 11.7 Å². The number of carboxylic acid groups (broad SMARTS) is 1. The molecule has 0 radical (unpaired) electrons. The van der Waals surface area contributed by atoms with Crippen LogP contribution < -0.4 is 5.73 Å². The number of hydrogen-bond donors (Lipinski definition) is 2. The van der Waals surface area contributed by atoms with Gasteiger partial charge in [-0.15, -0.1) is 0 Å². The number of hydrogen-bond acceptors (Lipinski definition) is 6. The van der Waals surface area contributed by atoms with Crippen LogP contribution in [-0.4, -0.2) is 57.9 Å². The molecule has 2 unspecified atom stereocenters. The van der Waals surface area contributed by atoms with Crippen molar-refractivity contribution < 1.29 is 29.0 Å². The fourth-order valence-corrected chi connectivity index (χ4v) is 2.68. The number of carbonyl (C=O) groups is 3. The molecule has 1 aliphatic rings. The van der Waals surface area contributed by atoms with Crippen LogP contribution in [0.25, 0.3) is 0 Å². The molecular formula is C17H30N2O6. The lowest BCUT2D eigenvalue weighted by Gasteiger charge is -2.27. The number of carboxylic acids is 1. The molecule has 3 N–H and O–H groups in total. The summed E-state index contributed by atoms with van der Waals surface area (Å²) in [6, 6.07) is -1.84. The maximum atomic E-state index is 12.2. The normalized spacial score (nSPS) is 22.4. The molecule has 3 atom stereocenters. The van der Waals surface area contributed by atoms with Crippen LogP contribution >= 0.6 is 0 Å². The van der Waals surface area contributed by atoms with Crippen molar-refractivity contribution in [2.75, 3.05) is 6.54 Å². The minimum absolute atomic E-state index is 0.183. The van der Waals surface area contributed by atoms with Gasteiger partial charge >= 0.3 is 18.0 Å². The van der Waals surface area contributed by atoms with Gasteiger partial charge in [0.05, 0.1) is 0 Å². The molecule has 8 nitrogen and oxygen atoms in total. The molecular weight excluding hydrogens is 328 g/mol. The van der Waals surface area contributed by atoms with Crippen LogP contribution in [0.5, 0.6) is 0 Å². The molecule has 1 aliphatic heterocycles. The number of nitrogens with zero attached hydrogens (tertiary/aromatic N) is 1. The highest BCUT2D eigenvalue weighted by Gasteiger charge is 2.42. The molecule has 0 aromatic heterocycles. The van der Waals surface area contributed by atoms with E-state index < -0.39 is 41.3 Å². The molecule has 1 heterocycles. The topological polar surface area (TPSA) is 119 Å². The Hall–Kier alpha value is -1.83. The minimum Gasteiger partial charge on any atom is -0.480 e. The lowest BCUT2D eigenvalue weighted by atomic mass is 9.97. The Morgan fingerprint density at radius 3 is 2.08 bits per heavy atom. The number of esters is 1. The molecule has 1 amide bonds. The molecule has 1 saturated heterocycles. The van der Waals surface area contributed by atoms with Crippen molar-refractivity contribution in [3.8, 4) is 0 Å². The predicted molar refractivity (Wildman–Crippen MR) is 90.9 cm³/mol. The van der Waals surface area contributed by atoms with E-state index in [0.717, 1.165) is 0 Å². The fourth-order valence-electron chi connectivity index (χ4n) is 2.68. The molecule has 0 saturated carbocycles. The Morgan fingerprint density at radius 1 is 1.12 bits per heavy atom. The average Bonchev–Trinajstić information content (AvgIpc) is 2.78. The van der Waals surface area contributed by atoms with E-state index in [1.54, 1.807) is 41.5 Å². The first-order valence-electron chi connectivity index (χ1n) is 8.40. The van der Waals surface area contributed by atoms with Crippen LogP contribution in [0.15, 0.2) is 0 Å². The average molecular weight is 358 g/mol. The second-order valence-corrected chi connectivity index (χ2v) is 8.46. The van der Waals surface area contributed by atoms with Gasteiger partial charge in [0.2, 0.25) is 0 Å². The molecule has 0 aromatic rings. The fraction of sp³-hybridized carbons (Fsp3) is 0.824. The first-order valence-corrected chi connectivity index (χ1v) is 8.40. The van der Waals surface area contributed by atoms with E-state index in [9.17, 15) is 19.5 Å². The van der Waals surface area contributed by atoms with Crippen LogP contribution in [0, 0.1) is 5.92 Å². The number of ether oxygens (including phenoxy) is 2. The lowest BCUT2D eigenvalue weighted by molar-refractivity contribution is -0.156. The smallest absolute Gasteiger partial charge is 0.411 e. The van der Waals surface area contributed by atoms with Gasteiger partial charge in [0.1, 0.15) is 23.3 Å². The molecule has 0 aromatic carbocycles. The maximum absolute atomic E-state index is 12.2. The van der Waals surface area contributed by atoms with E-state index in [-0.39, 0.29) is 25.3 Å². The number of carbonyl (C=O) groups excluding carboxylic acids is 2. The summed E-state index contributed by atoms with van der Waals surface area (Å²) >= 11 is 0. The largest absolute Gasteiger partial charge is 0.480 e. The van der Waals surface area contributed by atoms with Gasteiger partial charge < -0.3 is 20.3 Å². The quantitative estimate of drug-likeness (QED) is 0.735. The second kappa shape index (κ2) is 7.59. The number of rotatable bonds is 4. The van der Waals surface area contributed by atoms with E-state index in [1.807, 2.05) is 0 Å². The van der Waals surface area contributed by atoms with Gasteiger partial charge in [-0.25, -0.2) is 9.59 Å². The summed E-state index contributed by atoms with van der Waals surface area (Å²) in [6.07, 6.45) is -0.198. The number of nitrogens with two attached hydrogens (primary N) is 1. The SMILES string of the molecule is CC(C)(C)OC(=O)C(N)CC1C[C@@H](C(=O)O)N(C(=O)OC(C)(C)C)C1. The Bertz CT molecular complexity index is 520. The Balaban J connectivity index is 2.73. The first-order chi connectivity index (χ1) is 11.2. The summed E-state index contributed by atoms with van der Waals surface area (Å²) in [5.74, 6) is -1.84. The summed E-state index contributed by atoms with van der Waals surface area (Å²) in [5.41, 5.74) is 4.53. The van der Waals surface area contributed by atoms with E-state index in [1.165, 1.54) is 4.90 Å². The van der Waals surface area contributed by atoms with Crippen LogP contribution in [-0.2, 0) is 19.1 Å². The first kappa shape index (κ1) is 21.2. The molecule has 144 valence electrons. The zero-order valence-electron chi connectivity index (χ0n) is 15.9. The highest BCUT2D eigenvalue weighted by Crippen LogP contribution is 2.29. The molecule has 0 bridgehead atoms. The monoisotopic (exact) mass is 358 g/mol. The molecule has 1 rings (SSSR count). The van der Waals surface area contributed by atoms with Gasteiger partial charge in [0, 0.05) is 6.54 Å². The zero-order valence-corrected chi connectivity index (χ0v) is 15.9. The molecule has 25 heavy (non-hydrogen) atoms. The van der Waals surface area contributed by atoms with Crippen molar-refractivity contribution >= 4 is 18.0 Å². The van der Waals surface area contributed by atoms with Gasteiger partial charge in [-0.1, -0.05) is 0 Å².